The van der Waals surface area contributed by atoms with Gasteiger partial charge in [0.25, 0.3) is 0 Å². The number of thiophene rings is 1. The Hall–Kier alpha value is -5.52. The quantitative estimate of drug-likeness (QED) is 0.199. The molecule has 0 N–H and O–H groups in total. The maximum absolute atomic E-state index is 6.43. The lowest BCUT2D eigenvalue weighted by Gasteiger charge is -2.05. The number of hydrogen-bond acceptors (Lipinski definition) is 4. The summed E-state index contributed by atoms with van der Waals surface area (Å²) in [5.74, 6) is 0. The summed E-state index contributed by atoms with van der Waals surface area (Å²) in [5, 5.41) is 8.46. The molecule has 0 aliphatic rings. The van der Waals surface area contributed by atoms with Crippen molar-refractivity contribution >= 4 is 103 Å². The molecule has 0 saturated carbocycles. The predicted octanol–water partition coefficient (Wildman–Crippen LogP) is 10.7. The van der Waals surface area contributed by atoms with Gasteiger partial charge in [-0.3, -0.25) is 4.40 Å². The van der Waals surface area contributed by atoms with Gasteiger partial charge in [0.15, 0.2) is 5.65 Å². The average molecular weight is 566 g/mol. The number of fused-ring (bicyclic) bond motifs is 14. The van der Waals surface area contributed by atoms with E-state index in [4.69, 9.17) is 14.4 Å². The largest absolute Gasteiger partial charge is 0.455 e. The second-order valence-electron chi connectivity index (χ2n) is 11.4. The van der Waals surface area contributed by atoms with Crippen molar-refractivity contribution < 1.29 is 4.42 Å². The van der Waals surface area contributed by atoms with Gasteiger partial charge in [-0.2, -0.15) is 0 Å². The highest BCUT2D eigenvalue weighted by atomic mass is 32.1. The van der Waals surface area contributed by atoms with Gasteiger partial charge in [-0.25, -0.2) is 9.97 Å². The second kappa shape index (κ2) is 7.65. The van der Waals surface area contributed by atoms with Gasteiger partial charge in [-0.05, 0) is 48.0 Å². The zero-order chi connectivity index (χ0) is 27.8. The molecule has 11 aromatic rings. The van der Waals surface area contributed by atoms with Crippen molar-refractivity contribution in [1.82, 2.24) is 14.4 Å². The van der Waals surface area contributed by atoms with Gasteiger partial charge in [0, 0.05) is 52.7 Å². The van der Waals surface area contributed by atoms with E-state index in [9.17, 15) is 0 Å². The summed E-state index contributed by atoms with van der Waals surface area (Å²) in [6.07, 6.45) is 0. The molecule has 5 heteroatoms. The minimum atomic E-state index is 0.906. The molecule has 0 bridgehead atoms. The van der Waals surface area contributed by atoms with E-state index in [1.54, 1.807) is 0 Å². The van der Waals surface area contributed by atoms with E-state index in [-0.39, 0.29) is 0 Å². The molecule has 0 aliphatic heterocycles. The molecule has 11 rings (SSSR count). The van der Waals surface area contributed by atoms with Gasteiger partial charge in [0.05, 0.1) is 22.1 Å². The predicted molar refractivity (Wildman–Crippen MR) is 180 cm³/mol. The standard InChI is InChI=1S/C38H19N3OS/c1-5-14-30-22(8-1)23-11-7-10-21(37(23)42-30)20-16-17-29-25(18-20)26-19-32-33(24-9-2-6-15-31(24)43-32)34-35-38(41(29)36(26)34)40-28-13-4-3-12-27(28)39-35/h1-19H. The zero-order valence-corrected chi connectivity index (χ0v) is 23.4. The van der Waals surface area contributed by atoms with E-state index in [0.717, 1.165) is 60.8 Å². The molecular formula is C38H19N3OS. The molecule has 0 aliphatic carbocycles. The highest BCUT2D eigenvalue weighted by Crippen LogP contribution is 2.48. The third-order valence-corrected chi connectivity index (χ3v) is 10.2. The third kappa shape index (κ3) is 2.71. The smallest absolute Gasteiger partial charge is 0.165 e. The first kappa shape index (κ1) is 22.1. The number of rotatable bonds is 1. The Kier molecular flexibility index (Phi) is 3.94. The van der Waals surface area contributed by atoms with Crippen LogP contribution in [0.1, 0.15) is 0 Å². The topological polar surface area (TPSA) is 43.3 Å². The third-order valence-electron chi connectivity index (χ3n) is 9.11. The summed E-state index contributed by atoms with van der Waals surface area (Å²) in [4.78, 5) is 10.5. The van der Waals surface area contributed by atoms with Crippen molar-refractivity contribution in [2.75, 3.05) is 0 Å². The average Bonchev–Trinajstić information content (AvgIpc) is 3.79. The first-order valence-corrected chi connectivity index (χ1v) is 15.2. The fourth-order valence-electron chi connectivity index (χ4n) is 7.29. The normalized spacial score (nSPS) is 12.7. The van der Waals surface area contributed by atoms with Crippen molar-refractivity contribution in [3.05, 3.63) is 115 Å². The molecule has 0 spiro atoms. The van der Waals surface area contributed by atoms with Gasteiger partial charge >= 0.3 is 0 Å². The highest BCUT2D eigenvalue weighted by Gasteiger charge is 2.24. The van der Waals surface area contributed by atoms with Crippen LogP contribution in [0.25, 0.3) is 103 Å². The van der Waals surface area contributed by atoms with E-state index in [2.05, 4.69) is 95.4 Å². The van der Waals surface area contributed by atoms with E-state index in [1.807, 2.05) is 35.6 Å². The molecule has 0 atom stereocenters. The Morgan fingerprint density at radius 2 is 1.37 bits per heavy atom. The van der Waals surface area contributed by atoms with E-state index < -0.39 is 0 Å². The van der Waals surface area contributed by atoms with Gasteiger partial charge in [0.2, 0.25) is 0 Å². The van der Waals surface area contributed by atoms with Crippen LogP contribution < -0.4 is 0 Å². The number of nitrogens with zero attached hydrogens (tertiary/aromatic N) is 3. The number of aromatic nitrogens is 3. The Balaban J connectivity index is 1.32. The molecule has 198 valence electrons. The molecule has 0 unspecified atom stereocenters. The second-order valence-corrected chi connectivity index (χ2v) is 12.4. The Bertz CT molecular complexity index is 2960. The summed E-state index contributed by atoms with van der Waals surface area (Å²) in [7, 11) is 0. The molecule has 0 amide bonds. The lowest BCUT2D eigenvalue weighted by atomic mass is 9.99. The maximum Gasteiger partial charge on any atom is 0.165 e. The maximum atomic E-state index is 6.43. The molecule has 4 nitrogen and oxygen atoms in total. The van der Waals surface area contributed by atoms with Crippen molar-refractivity contribution in [2.24, 2.45) is 0 Å². The zero-order valence-electron chi connectivity index (χ0n) is 22.6. The van der Waals surface area contributed by atoms with Crippen LogP contribution in [-0.4, -0.2) is 14.4 Å². The molecule has 0 fully saturated rings. The highest BCUT2D eigenvalue weighted by molar-refractivity contribution is 7.26. The Morgan fingerprint density at radius 3 is 2.30 bits per heavy atom. The van der Waals surface area contributed by atoms with Crippen molar-refractivity contribution in [3.8, 4) is 11.1 Å². The number of hydrogen-bond donors (Lipinski definition) is 0. The Labute approximate surface area is 247 Å². The van der Waals surface area contributed by atoms with Crippen LogP contribution in [0.15, 0.2) is 120 Å². The number of para-hydroxylation sites is 4. The molecule has 5 aromatic heterocycles. The summed E-state index contributed by atoms with van der Waals surface area (Å²) in [6, 6.07) is 40.8. The van der Waals surface area contributed by atoms with Crippen LogP contribution in [0.5, 0.6) is 0 Å². The lowest BCUT2D eigenvalue weighted by molar-refractivity contribution is 0.670. The van der Waals surface area contributed by atoms with Crippen LogP contribution in [0.3, 0.4) is 0 Å². The summed E-state index contributed by atoms with van der Waals surface area (Å²) < 4.78 is 11.3. The van der Waals surface area contributed by atoms with Crippen molar-refractivity contribution in [3.63, 3.8) is 0 Å². The fraction of sp³-hybridized carbons (Fsp3) is 0. The van der Waals surface area contributed by atoms with E-state index in [0.29, 0.717) is 0 Å². The van der Waals surface area contributed by atoms with Crippen LogP contribution in [-0.2, 0) is 0 Å². The van der Waals surface area contributed by atoms with Gasteiger partial charge in [0.1, 0.15) is 16.7 Å². The van der Waals surface area contributed by atoms with Crippen LogP contribution in [0.4, 0.5) is 0 Å². The number of benzene rings is 6. The van der Waals surface area contributed by atoms with Crippen molar-refractivity contribution in [2.45, 2.75) is 0 Å². The minimum Gasteiger partial charge on any atom is -0.455 e. The van der Waals surface area contributed by atoms with Crippen LogP contribution in [0, 0.1) is 0 Å². The van der Waals surface area contributed by atoms with Gasteiger partial charge < -0.3 is 4.42 Å². The van der Waals surface area contributed by atoms with Gasteiger partial charge in [-0.15, -0.1) is 11.3 Å². The number of furan rings is 1. The minimum absolute atomic E-state index is 0.906. The Morgan fingerprint density at radius 1 is 0.581 bits per heavy atom. The molecule has 43 heavy (non-hydrogen) atoms. The SMILES string of the molecule is c1ccc2nc3c(nc2c1)c1c2c(cc4c5cc(-c6cccc7c6oc6ccccc67)ccc5n3c41)sc1ccccc12. The fourth-order valence-corrected chi connectivity index (χ4v) is 8.44. The molecule has 0 radical (unpaired) electrons. The molecule has 5 heterocycles. The van der Waals surface area contributed by atoms with E-state index >= 15 is 0 Å². The summed E-state index contributed by atoms with van der Waals surface area (Å²) in [5.41, 5.74) is 10.1. The molecular weight excluding hydrogens is 547 g/mol. The van der Waals surface area contributed by atoms with E-state index in [1.165, 1.54) is 41.8 Å². The monoisotopic (exact) mass is 565 g/mol. The first-order valence-electron chi connectivity index (χ1n) is 14.4. The lowest BCUT2D eigenvalue weighted by Crippen LogP contribution is -1.89. The van der Waals surface area contributed by atoms with Crippen LogP contribution >= 0.6 is 11.3 Å². The van der Waals surface area contributed by atoms with Crippen LogP contribution in [0.2, 0.25) is 0 Å². The van der Waals surface area contributed by atoms with Gasteiger partial charge in [-0.1, -0.05) is 72.8 Å². The van der Waals surface area contributed by atoms with Crippen molar-refractivity contribution in [1.29, 1.82) is 0 Å². The molecule has 6 aromatic carbocycles. The summed E-state index contributed by atoms with van der Waals surface area (Å²) >= 11 is 1.85. The summed E-state index contributed by atoms with van der Waals surface area (Å²) in [6.45, 7) is 0. The first-order chi connectivity index (χ1) is 21.3. The molecule has 0 saturated heterocycles.